The molecule has 1 aromatic heterocycles. The number of hydrogen-bond acceptors (Lipinski definition) is 3. The molecule has 0 radical (unpaired) electrons. The molecule has 0 aliphatic carbocycles. The summed E-state index contributed by atoms with van der Waals surface area (Å²) in [6.07, 6.45) is 1.05. The van der Waals surface area contributed by atoms with Crippen molar-refractivity contribution in [1.82, 2.24) is 10.3 Å². The zero-order valence-corrected chi connectivity index (χ0v) is 10.2. The van der Waals surface area contributed by atoms with Crippen molar-refractivity contribution in [2.75, 3.05) is 0 Å². The molecule has 0 saturated heterocycles. The summed E-state index contributed by atoms with van der Waals surface area (Å²) in [5.41, 5.74) is 0.612. The number of hydrogen-bond donors (Lipinski definition) is 1. The Morgan fingerprint density at radius 2 is 2.29 bits per heavy atom. The van der Waals surface area contributed by atoms with Crippen molar-refractivity contribution >= 4 is 11.8 Å². The quantitative estimate of drug-likeness (QED) is 0.799. The molecule has 0 atom stereocenters. The second kappa shape index (κ2) is 5.30. The molecule has 5 nitrogen and oxygen atoms in total. The van der Waals surface area contributed by atoms with Crippen LogP contribution in [-0.2, 0) is 11.3 Å². The summed E-state index contributed by atoms with van der Waals surface area (Å²) < 4.78 is 5.08. The molecule has 0 bridgehead atoms. The van der Waals surface area contributed by atoms with Gasteiger partial charge in [-0.25, -0.2) is 9.64 Å². The topological polar surface area (TPSA) is 55.6 Å². The van der Waals surface area contributed by atoms with Crippen molar-refractivity contribution in [3.8, 4) is 0 Å². The van der Waals surface area contributed by atoms with Crippen molar-refractivity contribution in [1.29, 1.82) is 0 Å². The molecule has 1 heterocycles. The highest BCUT2D eigenvalue weighted by Gasteiger charge is 2.15. The van der Waals surface area contributed by atoms with Gasteiger partial charge < -0.3 is 10.1 Å². The van der Waals surface area contributed by atoms with E-state index in [1.807, 2.05) is 0 Å². The number of ether oxygens (including phenoxy) is 1. The van der Waals surface area contributed by atoms with Gasteiger partial charge >= 0.3 is 6.09 Å². The van der Waals surface area contributed by atoms with Gasteiger partial charge in [-0.3, -0.25) is 4.98 Å². The van der Waals surface area contributed by atoms with Gasteiger partial charge in [0.1, 0.15) is 5.60 Å². The average molecular weight is 233 g/mol. The zero-order chi connectivity index (χ0) is 12.9. The normalized spacial score (nSPS) is 10.5. The van der Waals surface area contributed by atoms with Crippen LogP contribution in [0.1, 0.15) is 26.5 Å². The molecule has 5 heteroatoms. The highest BCUT2D eigenvalue weighted by molar-refractivity contribution is 5.67. The summed E-state index contributed by atoms with van der Waals surface area (Å²) in [6, 6.07) is 3.24. The minimum atomic E-state index is -0.518. The first kappa shape index (κ1) is 13.0. The summed E-state index contributed by atoms with van der Waals surface area (Å²) in [5, 5.41) is 2.58. The van der Waals surface area contributed by atoms with Crippen molar-refractivity contribution < 1.29 is 9.53 Å². The van der Waals surface area contributed by atoms with E-state index in [1.165, 1.54) is 0 Å². The van der Waals surface area contributed by atoms with Crippen LogP contribution in [0.3, 0.4) is 0 Å². The first-order chi connectivity index (χ1) is 7.90. The van der Waals surface area contributed by atoms with Crippen molar-refractivity contribution in [2.24, 2.45) is 0 Å². The van der Waals surface area contributed by atoms with Gasteiger partial charge in [0, 0.05) is 11.9 Å². The number of carbonyl (C=O) groups excluding carboxylic acids is 1. The SMILES string of the molecule is [C-]#[N+]c1ccnc(CNC(=O)OC(C)(C)C)c1. The molecule has 1 N–H and O–H groups in total. The van der Waals surface area contributed by atoms with Gasteiger partial charge in [0.05, 0.1) is 13.1 Å². The molecular weight excluding hydrogens is 218 g/mol. The van der Waals surface area contributed by atoms with E-state index in [0.29, 0.717) is 11.4 Å². The van der Waals surface area contributed by atoms with Gasteiger partial charge in [-0.15, -0.1) is 0 Å². The highest BCUT2D eigenvalue weighted by Crippen LogP contribution is 2.11. The van der Waals surface area contributed by atoms with Gasteiger partial charge in [0.2, 0.25) is 0 Å². The van der Waals surface area contributed by atoms with E-state index in [-0.39, 0.29) is 6.54 Å². The van der Waals surface area contributed by atoms with Crippen LogP contribution >= 0.6 is 0 Å². The van der Waals surface area contributed by atoms with Gasteiger partial charge in [-0.1, -0.05) is 0 Å². The lowest BCUT2D eigenvalue weighted by molar-refractivity contribution is 0.0523. The molecule has 0 fully saturated rings. The summed E-state index contributed by atoms with van der Waals surface area (Å²) in [5.74, 6) is 0. The van der Waals surface area contributed by atoms with Crippen LogP contribution < -0.4 is 5.32 Å². The smallest absolute Gasteiger partial charge is 0.407 e. The van der Waals surface area contributed by atoms with Crippen LogP contribution in [0.5, 0.6) is 0 Å². The largest absolute Gasteiger partial charge is 0.444 e. The lowest BCUT2D eigenvalue weighted by Gasteiger charge is -2.19. The number of rotatable bonds is 2. The molecule has 90 valence electrons. The van der Waals surface area contributed by atoms with Crippen LogP contribution in [0.25, 0.3) is 4.85 Å². The maximum atomic E-state index is 11.4. The average Bonchev–Trinajstić information content (AvgIpc) is 2.24. The van der Waals surface area contributed by atoms with Gasteiger partial charge in [-0.05, 0) is 32.9 Å². The molecule has 1 aromatic rings. The predicted octanol–water partition coefficient (Wildman–Crippen LogP) is 2.66. The third kappa shape index (κ3) is 4.98. The standard InChI is InChI=1S/C12H15N3O2/c1-12(2,3)17-11(16)15-8-10-7-9(13-4)5-6-14-10/h5-7H,8H2,1-3H3,(H,15,16). The molecular formula is C12H15N3O2. The summed E-state index contributed by atoms with van der Waals surface area (Å²) in [7, 11) is 0. The van der Waals surface area contributed by atoms with E-state index in [1.54, 1.807) is 39.1 Å². The van der Waals surface area contributed by atoms with Crippen LogP contribution in [0.15, 0.2) is 18.3 Å². The van der Waals surface area contributed by atoms with E-state index in [4.69, 9.17) is 11.3 Å². The Bertz CT molecular complexity index is 444. The van der Waals surface area contributed by atoms with Gasteiger partial charge in [0.15, 0.2) is 5.69 Å². The van der Waals surface area contributed by atoms with E-state index in [2.05, 4.69) is 15.1 Å². The molecule has 1 amide bonds. The van der Waals surface area contributed by atoms with Crippen LogP contribution in [0.4, 0.5) is 10.5 Å². The third-order valence-corrected chi connectivity index (χ3v) is 1.74. The van der Waals surface area contributed by atoms with Gasteiger partial charge in [0.25, 0.3) is 0 Å². The maximum Gasteiger partial charge on any atom is 0.407 e. The van der Waals surface area contributed by atoms with Crippen LogP contribution in [-0.4, -0.2) is 16.7 Å². The number of nitrogens with one attached hydrogen (secondary N) is 1. The molecule has 0 spiro atoms. The number of amides is 1. The minimum Gasteiger partial charge on any atom is -0.444 e. The van der Waals surface area contributed by atoms with E-state index < -0.39 is 11.7 Å². The third-order valence-electron chi connectivity index (χ3n) is 1.74. The Morgan fingerprint density at radius 1 is 1.59 bits per heavy atom. The number of nitrogens with zero attached hydrogens (tertiary/aromatic N) is 2. The highest BCUT2D eigenvalue weighted by atomic mass is 16.6. The number of alkyl carbamates (subject to hydrolysis) is 1. The first-order valence-corrected chi connectivity index (χ1v) is 5.20. The Hall–Kier alpha value is -2.09. The molecule has 0 aliphatic heterocycles. The van der Waals surface area contributed by atoms with Gasteiger partial charge in [-0.2, -0.15) is 0 Å². The van der Waals surface area contributed by atoms with E-state index >= 15 is 0 Å². The van der Waals surface area contributed by atoms with Crippen LogP contribution in [0, 0.1) is 6.57 Å². The summed E-state index contributed by atoms with van der Waals surface area (Å²) >= 11 is 0. The van der Waals surface area contributed by atoms with Crippen molar-refractivity contribution in [3.63, 3.8) is 0 Å². The monoisotopic (exact) mass is 233 g/mol. The summed E-state index contributed by atoms with van der Waals surface area (Å²) in [6.45, 7) is 12.5. The minimum absolute atomic E-state index is 0.248. The number of aromatic nitrogens is 1. The van der Waals surface area contributed by atoms with Crippen LogP contribution in [0.2, 0.25) is 0 Å². The Morgan fingerprint density at radius 3 is 2.88 bits per heavy atom. The molecule has 0 aromatic carbocycles. The molecule has 0 saturated carbocycles. The second-order valence-corrected chi connectivity index (χ2v) is 4.47. The van der Waals surface area contributed by atoms with Crippen molar-refractivity contribution in [3.05, 3.63) is 35.4 Å². The Kier molecular flexibility index (Phi) is 4.05. The number of pyridine rings is 1. The first-order valence-electron chi connectivity index (χ1n) is 5.20. The fraction of sp³-hybridized carbons (Fsp3) is 0.417. The van der Waals surface area contributed by atoms with E-state index in [0.717, 1.165) is 0 Å². The lowest BCUT2D eigenvalue weighted by Crippen LogP contribution is -2.32. The second-order valence-electron chi connectivity index (χ2n) is 4.47. The molecule has 17 heavy (non-hydrogen) atoms. The van der Waals surface area contributed by atoms with E-state index in [9.17, 15) is 4.79 Å². The lowest BCUT2D eigenvalue weighted by atomic mass is 10.2. The van der Waals surface area contributed by atoms with Crippen molar-refractivity contribution in [2.45, 2.75) is 32.9 Å². The zero-order valence-electron chi connectivity index (χ0n) is 10.2. The number of carbonyl (C=O) groups is 1. The fourth-order valence-corrected chi connectivity index (χ4v) is 1.11. The predicted molar refractivity (Wildman–Crippen MR) is 63.6 cm³/mol. The Balaban J connectivity index is 2.51. The fourth-order valence-electron chi connectivity index (χ4n) is 1.11. The summed E-state index contributed by atoms with van der Waals surface area (Å²) in [4.78, 5) is 18.7. The molecule has 1 rings (SSSR count). The maximum absolute atomic E-state index is 11.4. The molecule has 0 aliphatic rings. The molecule has 0 unspecified atom stereocenters. The Labute approximate surface area is 101 Å².